The van der Waals surface area contributed by atoms with Gasteiger partial charge in [-0.1, -0.05) is 27.2 Å². The van der Waals surface area contributed by atoms with Crippen molar-refractivity contribution in [3.63, 3.8) is 0 Å². The molecule has 3 aliphatic rings. The number of hydrogen-bond acceptors (Lipinski definition) is 3. The fourth-order valence-electron chi connectivity index (χ4n) is 5.20. The molecule has 0 spiro atoms. The minimum Gasteiger partial charge on any atom is -0.377 e. The lowest BCUT2D eigenvalue weighted by Gasteiger charge is -2.60. The molecule has 2 aliphatic carbocycles. The predicted octanol–water partition coefficient (Wildman–Crippen LogP) is 2.82. The van der Waals surface area contributed by atoms with E-state index in [4.69, 9.17) is 9.73 Å². The molecule has 2 N–H and O–H groups in total. The van der Waals surface area contributed by atoms with Gasteiger partial charge in [-0.05, 0) is 39.0 Å². The largest absolute Gasteiger partial charge is 0.377 e. The van der Waals surface area contributed by atoms with Crippen LogP contribution in [-0.2, 0) is 15.5 Å². The zero-order valence-electron chi connectivity index (χ0n) is 16.9. The molecule has 6 heteroatoms. The van der Waals surface area contributed by atoms with Crippen molar-refractivity contribution < 1.29 is 8.95 Å². The molecule has 1 aliphatic heterocycles. The van der Waals surface area contributed by atoms with Crippen molar-refractivity contribution in [2.75, 3.05) is 18.9 Å². The Morgan fingerprint density at radius 3 is 2.73 bits per heavy atom. The van der Waals surface area contributed by atoms with Crippen molar-refractivity contribution in [3.05, 3.63) is 0 Å². The fraction of sp³-hybridized carbons (Fsp3) is 0.950. The Labute approximate surface area is 161 Å². The molecule has 0 aromatic carbocycles. The van der Waals surface area contributed by atoms with E-state index in [-0.39, 0.29) is 5.41 Å². The Morgan fingerprint density at radius 2 is 2.00 bits per heavy atom. The maximum Gasteiger partial charge on any atom is 0.191 e. The van der Waals surface area contributed by atoms with Gasteiger partial charge in [-0.25, -0.2) is 0 Å². The fourth-order valence-corrected chi connectivity index (χ4v) is 6.55. The summed E-state index contributed by atoms with van der Waals surface area (Å²) in [7, 11) is -0.689. The van der Waals surface area contributed by atoms with Crippen LogP contribution in [0.25, 0.3) is 0 Å². The molecule has 6 unspecified atom stereocenters. The van der Waals surface area contributed by atoms with Crippen LogP contribution >= 0.6 is 0 Å². The summed E-state index contributed by atoms with van der Waals surface area (Å²) in [6, 6.07) is 0.790. The molecular formula is C20H37N3O2S. The quantitative estimate of drug-likeness (QED) is 0.566. The maximum atomic E-state index is 12.2. The first-order chi connectivity index (χ1) is 12.5. The van der Waals surface area contributed by atoms with Crippen LogP contribution < -0.4 is 10.6 Å². The van der Waals surface area contributed by atoms with Gasteiger partial charge in [0.25, 0.3) is 0 Å². The summed E-state index contributed by atoms with van der Waals surface area (Å²) >= 11 is 0. The molecule has 5 nitrogen and oxygen atoms in total. The first kappa shape index (κ1) is 20.1. The highest BCUT2D eigenvalue weighted by molar-refractivity contribution is 7.85. The third-order valence-electron chi connectivity index (χ3n) is 6.56. The normalized spacial score (nSPS) is 38.0. The van der Waals surface area contributed by atoms with Crippen molar-refractivity contribution in [3.8, 4) is 0 Å². The van der Waals surface area contributed by atoms with Gasteiger partial charge in [0.1, 0.15) is 0 Å². The van der Waals surface area contributed by atoms with Gasteiger partial charge in [-0.15, -0.1) is 0 Å². The van der Waals surface area contributed by atoms with E-state index in [1.807, 2.05) is 6.92 Å². The molecule has 0 aromatic rings. The van der Waals surface area contributed by atoms with Crippen molar-refractivity contribution in [2.45, 2.75) is 89.7 Å². The second-order valence-electron chi connectivity index (χ2n) is 8.66. The molecule has 0 radical (unpaired) electrons. The number of nitrogens with zero attached hydrogens (tertiary/aromatic N) is 1. The van der Waals surface area contributed by atoms with Gasteiger partial charge in [-0.2, -0.15) is 0 Å². The van der Waals surface area contributed by atoms with Crippen molar-refractivity contribution in [1.82, 2.24) is 10.6 Å². The van der Waals surface area contributed by atoms with Gasteiger partial charge in [-0.3, -0.25) is 9.20 Å². The molecule has 26 heavy (non-hydrogen) atoms. The SMILES string of the molecule is CCN=C(NC1CCCC(S(=O)CC)C1)NC1C2CCCOC2C1(C)C. The first-order valence-electron chi connectivity index (χ1n) is 10.5. The van der Waals surface area contributed by atoms with Crippen molar-refractivity contribution >= 4 is 16.8 Å². The van der Waals surface area contributed by atoms with E-state index in [0.29, 0.717) is 29.4 Å². The number of ether oxygens (including phenoxy) is 1. The molecule has 2 saturated carbocycles. The summed E-state index contributed by atoms with van der Waals surface area (Å²) in [6.07, 6.45) is 7.17. The second kappa shape index (κ2) is 8.59. The third kappa shape index (κ3) is 4.11. The summed E-state index contributed by atoms with van der Waals surface area (Å²) in [5.41, 5.74) is 0.139. The average Bonchev–Trinajstić information content (AvgIpc) is 2.65. The van der Waals surface area contributed by atoms with E-state index in [1.54, 1.807) is 0 Å². The number of hydrogen-bond donors (Lipinski definition) is 2. The standard InChI is InChI=1S/C20H37N3O2S/c1-5-21-19(22-14-9-7-10-15(13-14)26(24)6-2)23-17-16-11-8-12-25-18(16)20(17,3)4/h14-18H,5-13H2,1-4H3,(H2,21,22,23). The number of fused-ring (bicyclic) bond motifs is 1. The minimum absolute atomic E-state index is 0.139. The topological polar surface area (TPSA) is 62.7 Å². The van der Waals surface area contributed by atoms with Gasteiger partial charge in [0, 0.05) is 58.4 Å². The van der Waals surface area contributed by atoms with Gasteiger partial charge in [0.15, 0.2) is 5.96 Å². The summed E-state index contributed by atoms with van der Waals surface area (Å²) in [5, 5.41) is 7.73. The average molecular weight is 384 g/mol. The molecule has 3 fully saturated rings. The Balaban J connectivity index is 1.61. The first-order valence-corrected chi connectivity index (χ1v) is 11.9. The Morgan fingerprint density at radius 1 is 1.19 bits per heavy atom. The van der Waals surface area contributed by atoms with Gasteiger partial charge in [0.05, 0.1) is 6.10 Å². The van der Waals surface area contributed by atoms with Crippen LogP contribution in [0, 0.1) is 11.3 Å². The van der Waals surface area contributed by atoms with Crippen LogP contribution in [-0.4, -0.2) is 52.5 Å². The lowest BCUT2D eigenvalue weighted by Crippen LogP contribution is -2.71. The third-order valence-corrected chi connectivity index (χ3v) is 8.30. The van der Waals surface area contributed by atoms with Crippen LogP contribution in [0.2, 0.25) is 0 Å². The second-order valence-corrected chi connectivity index (χ2v) is 10.7. The van der Waals surface area contributed by atoms with E-state index in [9.17, 15) is 4.21 Å². The molecule has 3 rings (SSSR count). The van der Waals surface area contributed by atoms with Crippen LogP contribution in [0.1, 0.15) is 66.2 Å². The number of guanidine groups is 1. The van der Waals surface area contributed by atoms with Gasteiger partial charge >= 0.3 is 0 Å². The van der Waals surface area contributed by atoms with E-state index < -0.39 is 10.8 Å². The lowest BCUT2D eigenvalue weighted by atomic mass is 9.55. The van der Waals surface area contributed by atoms with E-state index >= 15 is 0 Å². The van der Waals surface area contributed by atoms with Crippen molar-refractivity contribution in [2.24, 2.45) is 16.3 Å². The molecule has 1 heterocycles. The lowest BCUT2D eigenvalue weighted by molar-refractivity contribution is -0.188. The highest BCUT2D eigenvalue weighted by atomic mass is 32.2. The molecule has 0 bridgehead atoms. The van der Waals surface area contributed by atoms with Gasteiger partial charge in [0.2, 0.25) is 0 Å². The summed E-state index contributed by atoms with van der Waals surface area (Å²) < 4.78 is 18.3. The van der Waals surface area contributed by atoms with Crippen molar-refractivity contribution in [1.29, 1.82) is 0 Å². The van der Waals surface area contributed by atoms with Crippen LogP contribution in [0.3, 0.4) is 0 Å². The predicted molar refractivity (Wildman–Crippen MR) is 109 cm³/mol. The molecule has 1 saturated heterocycles. The Kier molecular flexibility index (Phi) is 6.65. The molecule has 0 amide bonds. The van der Waals surface area contributed by atoms with E-state index in [1.165, 1.54) is 6.42 Å². The van der Waals surface area contributed by atoms with E-state index in [2.05, 4.69) is 31.4 Å². The maximum absolute atomic E-state index is 12.2. The Hall–Kier alpha value is -0.620. The molecule has 0 aromatic heterocycles. The monoisotopic (exact) mass is 383 g/mol. The van der Waals surface area contributed by atoms with Crippen LogP contribution in [0.15, 0.2) is 4.99 Å². The molecule has 150 valence electrons. The zero-order chi connectivity index (χ0) is 18.7. The summed E-state index contributed by atoms with van der Waals surface area (Å²) in [4.78, 5) is 4.71. The number of nitrogens with one attached hydrogen (secondary N) is 2. The van der Waals surface area contributed by atoms with Gasteiger partial charge < -0.3 is 15.4 Å². The smallest absolute Gasteiger partial charge is 0.191 e. The van der Waals surface area contributed by atoms with Crippen LogP contribution in [0.5, 0.6) is 0 Å². The summed E-state index contributed by atoms with van der Waals surface area (Å²) in [6.45, 7) is 10.4. The highest BCUT2D eigenvalue weighted by Gasteiger charge is 2.58. The van der Waals surface area contributed by atoms with E-state index in [0.717, 1.165) is 57.0 Å². The zero-order valence-corrected chi connectivity index (χ0v) is 17.7. The highest BCUT2D eigenvalue weighted by Crippen LogP contribution is 2.51. The minimum atomic E-state index is -0.689. The number of aliphatic imine (C=N–C) groups is 1. The van der Waals surface area contributed by atoms with Crippen LogP contribution in [0.4, 0.5) is 0 Å². The Bertz CT molecular complexity index is 537. The summed E-state index contributed by atoms with van der Waals surface area (Å²) in [5.74, 6) is 2.29. The molecular weight excluding hydrogens is 346 g/mol. The molecule has 6 atom stereocenters. The number of rotatable bonds is 5.